The molecule has 0 saturated heterocycles. The van der Waals surface area contributed by atoms with E-state index in [9.17, 15) is 14.4 Å². The summed E-state index contributed by atoms with van der Waals surface area (Å²) in [4.78, 5) is 37.6. The molecule has 7 heteroatoms. The Morgan fingerprint density at radius 1 is 1.03 bits per heavy atom. The number of ether oxygens (including phenoxy) is 3. The van der Waals surface area contributed by atoms with Gasteiger partial charge >= 0.3 is 17.9 Å². The van der Waals surface area contributed by atoms with Crippen molar-refractivity contribution in [2.24, 2.45) is 0 Å². The molecule has 1 unspecified atom stereocenters. The van der Waals surface area contributed by atoms with Gasteiger partial charge in [-0.05, 0) is 31.4 Å². The summed E-state index contributed by atoms with van der Waals surface area (Å²) >= 11 is 0. The largest absolute Gasteiger partial charge is 0.469 e. The highest BCUT2D eigenvalue weighted by Crippen LogP contribution is 2.49. The van der Waals surface area contributed by atoms with Crippen molar-refractivity contribution in [3.05, 3.63) is 41.5 Å². The van der Waals surface area contributed by atoms with Gasteiger partial charge in [0.2, 0.25) is 0 Å². The van der Waals surface area contributed by atoms with Crippen LogP contribution in [0.5, 0.6) is 0 Å². The van der Waals surface area contributed by atoms with E-state index in [0.717, 1.165) is 5.56 Å². The Kier molecular flexibility index (Phi) is 9.30. The van der Waals surface area contributed by atoms with Crippen LogP contribution in [0.1, 0.15) is 31.7 Å². The van der Waals surface area contributed by atoms with E-state index >= 15 is 0 Å². The summed E-state index contributed by atoms with van der Waals surface area (Å²) in [6, 6.07) is 9.36. The summed E-state index contributed by atoms with van der Waals surface area (Å²) < 4.78 is 15.2. The zero-order valence-corrected chi connectivity index (χ0v) is 19.2. The molecule has 0 radical (unpaired) electrons. The molecule has 0 fully saturated rings. The van der Waals surface area contributed by atoms with E-state index in [2.05, 4.69) is 0 Å². The minimum atomic E-state index is -2.28. The molecule has 0 aliphatic carbocycles. The summed E-state index contributed by atoms with van der Waals surface area (Å²) in [5.74, 6) is -1.29. The minimum absolute atomic E-state index is 0.0764. The Hall–Kier alpha value is -2.41. The molecule has 1 aromatic carbocycles. The van der Waals surface area contributed by atoms with Crippen molar-refractivity contribution in [2.45, 2.75) is 50.9 Å². The number of rotatable bonds is 10. The molecule has 29 heavy (non-hydrogen) atoms. The molecule has 1 atom stereocenters. The molecule has 1 rings (SSSR count). The maximum atomic E-state index is 13.0. The molecule has 0 spiro atoms. The van der Waals surface area contributed by atoms with Crippen molar-refractivity contribution in [3.63, 3.8) is 0 Å². The highest BCUT2D eigenvalue weighted by atomic mass is 28.3. The maximum Gasteiger partial charge on any atom is 0.333 e. The summed E-state index contributed by atoms with van der Waals surface area (Å²) in [7, 11) is 0.367. The Morgan fingerprint density at radius 3 is 2.14 bits per heavy atom. The molecule has 0 aliphatic heterocycles. The van der Waals surface area contributed by atoms with Crippen LogP contribution in [-0.2, 0) is 28.6 Å². The van der Waals surface area contributed by atoms with Crippen LogP contribution in [-0.4, -0.2) is 46.8 Å². The lowest BCUT2D eigenvalue weighted by molar-refractivity contribution is -0.146. The van der Waals surface area contributed by atoms with Crippen molar-refractivity contribution in [2.75, 3.05) is 20.8 Å². The van der Waals surface area contributed by atoms with E-state index < -0.39 is 25.1 Å². The van der Waals surface area contributed by atoms with E-state index in [0.29, 0.717) is 5.57 Å². The van der Waals surface area contributed by atoms with Crippen LogP contribution < -0.4 is 0 Å². The Labute approximate surface area is 174 Å². The minimum Gasteiger partial charge on any atom is -0.469 e. The Balaban J connectivity index is 3.44. The van der Waals surface area contributed by atoms with E-state index in [-0.39, 0.29) is 31.8 Å². The Bertz CT molecular complexity index is 735. The second-order valence-corrected chi connectivity index (χ2v) is 13.3. The molecular formula is C22H32O6Si. The highest BCUT2D eigenvalue weighted by Gasteiger charge is 2.51. The van der Waals surface area contributed by atoms with Crippen LogP contribution >= 0.6 is 0 Å². The second kappa shape index (κ2) is 10.9. The molecule has 0 heterocycles. The summed E-state index contributed by atoms with van der Waals surface area (Å²) in [6.07, 6.45) is 2.19. The van der Waals surface area contributed by atoms with Crippen molar-refractivity contribution >= 4 is 32.1 Å². The lowest BCUT2D eigenvalue weighted by atomic mass is 9.92. The first-order valence-electron chi connectivity index (χ1n) is 9.69. The standard InChI is InChI=1S/C22H32O6Si/c1-7-28-19(23)13-14-22(21(25)27-3,29(4,5)6)16-18(20(24)26-2)15-17-11-9-8-10-12-17/h8-12,15H,7,13-14,16H2,1-6H3/b18-15+. The normalized spacial score (nSPS) is 13.9. The zero-order valence-electron chi connectivity index (χ0n) is 18.2. The molecule has 6 nitrogen and oxygen atoms in total. The van der Waals surface area contributed by atoms with Crippen molar-refractivity contribution in [1.82, 2.24) is 0 Å². The zero-order chi connectivity index (χ0) is 22.1. The van der Waals surface area contributed by atoms with Crippen molar-refractivity contribution < 1.29 is 28.6 Å². The number of carbonyl (C=O) groups is 3. The van der Waals surface area contributed by atoms with Gasteiger partial charge in [0.25, 0.3) is 0 Å². The van der Waals surface area contributed by atoms with Gasteiger partial charge in [0.1, 0.15) is 0 Å². The van der Waals surface area contributed by atoms with E-state index in [1.165, 1.54) is 14.2 Å². The van der Waals surface area contributed by atoms with Gasteiger partial charge in [-0.15, -0.1) is 0 Å². The number of hydrogen-bond acceptors (Lipinski definition) is 6. The van der Waals surface area contributed by atoms with Gasteiger partial charge in [-0.1, -0.05) is 50.0 Å². The molecule has 0 N–H and O–H groups in total. The molecule has 0 amide bonds. The van der Waals surface area contributed by atoms with E-state index in [4.69, 9.17) is 14.2 Å². The topological polar surface area (TPSA) is 78.9 Å². The van der Waals surface area contributed by atoms with Gasteiger partial charge < -0.3 is 14.2 Å². The van der Waals surface area contributed by atoms with E-state index in [1.807, 2.05) is 50.0 Å². The monoisotopic (exact) mass is 420 g/mol. The van der Waals surface area contributed by atoms with Gasteiger partial charge in [-0.3, -0.25) is 9.59 Å². The molecule has 0 bridgehead atoms. The fourth-order valence-corrected chi connectivity index (χ4v) is 5.65. The van der Waals surface area contributed by atoms with Crippen LogP contribution in [0.15, 0.2) is 35.9 Å². The van der Waals surface area contributed by atoms with Gasteiger partial charge in [-0.2, -0.15) is 0 Å². The number of benzene rings is 1. The highest BCUT2D eigenvalue weighted by molar-refractivity contribution is 6.82. The van der Waals surface area contributed by atoms with Gasteiger partial charge in [0.05, 0.1) is 33.9 Å². The fourth-order valence-electron chi connectivity index (χ4n) is 3.34. The third-order valence-electron chi connectivity index (χ3n) is 5.15. The lowest BCUT2D eigenvalue weighted by Gasteiger charge is -2.41. The second-order valence-electron chi connectivity index (χ2n) is 7.88. The number of hydrogen-bond donors (Lipinski definition) is 0. The first kappa shape index (κ1) is 24.6. The average molecular weight is 421 g/mol. The number of carbonyl (C=O) groups excluding carboxylic acids is 3. The smallest absolute Gasteiger partial charge is 0.333 e. The molecule has 0 aromatic heterocycles. The number of esters is 3. The quantitative estimate of drug-likeness (QED) is 0.244. The molecule has 0 saturated carbocycles. The molecule has 0 aliphatic rings. The van der Waals surface area contributed by atoms with Gasteiger partial charge in [0, 0.05) is 12.0 Å². The van der Waals surface area contributed by atoms with Crippen molar-refractivity contribution in [3.8, 4) is 0 Å². The molecule has 1 aromatic rings. The van der Waals surface area contributed by atoms with Crippen LogP contribution in [0, 0.1) is 0 Å². The predicted octanol–water partition coefficient (Wildman–Crippen LogP) is 4.23. The maximum absolute atomic E-state index is 13.0. The summed E-state index contributed by atoms with van der Waals surface area (Å²) in [6.45, 7) is 8.12. The predicted molar refractivity (Wildman–Crippen MR) is 115 cm³/mol. The lowest BCUT2D eigenvalue weighted by Crippen LogP contribution is -2.47. The fraction of sp³-hybridized carbons (Fsp3) is 0.500. The first-order chi connectivity index (χ1) is 13.6. The third-order valence-corrected chi connectivity index (χ3v) is 8.66. The van der Waals surface area contributed by atoms with Crippen LogP contribution in [0.2, 0.25) is 24.7 Å². The van der Waals surface area contributed by atoms with Gasteiger partial charge in [0.15, 0.2) is 0 Å². The van der Waals surface area contributed by atoms with E-state index in [1.54, 1.807) is 13.0 Å². The van der Waals surface area contributed by atoms with Crippen LogP contribution in [0.25, 0.3) is 6.08 Å². The number of methoxy groups -OCH3 is 2. The van der Waals surface area contributed by atoms with Crippen LogP contribution in [0.3, 0.4) is 0 Å². The third kappa shape index (κ3) is 6.56. The summed E-state index contributed by atoms with van der Waals surface area (Å²) in [5, 5.41) is -0.983. The average Bonchev–Trinajstić information content (AvgIpc) is 2.69. The summed E-state index contributed by atoms with van der Waals surface area (Å²) in [5.41, 5.74) is 1.20. The molecule has 160 valence electrons. The van der Waals surface area contributed by atoms with Gasteiger partial charge in [-0.25, -0.2) is 4.79 Å². The Morgan fingerprint density at radius 2 is 1.66 bits per heavy atom. The first-order valence-corrected chi connectivity index (χ1v) is 13.2. The molecular weight excluding hydrogens is 388 g/mol. The van der Waals surface area contributed by atoms with Crippen molar-refractivity contribution in [1.29, 1.82) is 0 Å². The van der Waals surface area contributed by atoms with Crippen LogP contribution in [0.4, 0.5) is 0 Å². The SMILES string of the molecule is CCOC(=O)CCC(C/C(=C\c1ccccc1)C(=O)OC)(C(=O)OC)[Si](C)(C)C.